The lowest BCUT2D eigenvalue weighted by molar-refractivity contribution is -0.389. The Hall–Kier alpha value is -2.66. The Bertz CT molecular complexity index is 584. The van der Waals surface area contributed by atoms with Gasteiger partial charge in [0.05, 0.1) is 17.4 Å². The molecule has 0 fully saturated rings. The van der Waals surface area contributed by atoms with Crippen LogP contribution in [0.2, 0.25) is 0 Å². The highest BCUT2D eigenvalue weighted by atomic mass is 19.4. The van der Waals surface area contributed by atoms with Gasteiger partial charge in [0.2, 0.25) is 11.4 Å². The Morgan fingerprint density at radius 3 is 2.48 bits per heavy atom. The van der Waals surface area contributed by atoms with Crippen molar-refractivity contribution >= 4 is 17.7 Å². The zero-order valence-electron chi connectivity index (χ0n) is 10.4. The van der Waals surface area contributed by atoms with Crippen LogP contribution >= 0.6 is 0 Å². The molecule has 0 bridgehead atoms. The van der Waals surface area contributed by atoms with Gasteiger partial charge < -0.3 is 20.5 Å². The average Bonchev–Trinajstić information content (AvgIpc) is 2.75. The van der Waals surface area contributed by atoms with Crippen molar-refractivity contribution in [2.75, 3.05) is 0 Å². The molecule has 0 saturated heterocycles. The molecule has 1 heterocycles. The van der Waals surface area contributed by atoms with Crippen molar-refractivity contribution in [3.63, 3.8) is 0 Å². The van der Waals surface area contributed by atoms with Crippen LogP contribution in [0, 0.1) is 10.1 Å². The SMILES string of the molecule is CC(NC(=O)Cn1ccc([N+](=O)[O-])n1)(C(=O)O)C(F)(F)F. The molecule has 0 aliphatic carbocycles. The monoisotopic (exact) mass is 310 g/mol. The molecule has 0 aliphatic rings. The molecule has 0 spiro atoms. The molecule has 21 heavy (non-hydrogen) atoms. The molecule has 2 N–H and O–H groups in total. The lowest BCUT2D eigenvalue weighted by atomic mass is 10.0. The Kier molecular flexibility index (Phi) is 4.20. The van der Waals surface area contributed by atoms with E-state index in [4.69, 9.17) is 5.11 Å². The summed E-state index contributed by atoms with van der Waals surface area (Å²) in [6, 6.07) is 0.938. The average molecular weight is 310 g/mol. The predicted octanol–water partition coefficient (Wildman–Crippen LogP) is 0.313. The van der Waals surface area contributed by atoms with Crippen LogP contribution in [-0.4, -0.2) is 43.4 Å². The van der Waals surface area contributed by atoms with Crippen molar-refractivity contribution in [3.8, 4) is 0 Å². The van der Waals surface area contributed by atoms with Gasteiger partial charge in [-0.3, -0.25) is 4.79 Å². The smallest absolute Gasteiger partial charge is 0.422 e. The highest BCUT2D eigenvalue weighted by Crippen LogP contribution is 2.30. The van der Waals surface area contributed by atoms with Crippen molar-refractivity contribution in [2.24, 2.45) is 0 Å². The molecule has 0 aromatic carbocycles. The van der Waals surface area contributed by atoms with E-state index in [1.165, 1.54) is 5.32 Å². The van der Waals surface area contributed by atoms with Crippen LogP contribution < -0.4 is 5.32 Å². The first kappa shape index (κ1) is 16.4. The minimum absolute atomic E-state index is 0.290. The summed E-state index contributed by atoms with van der Waals surface area (Å²) in [6.45, 7) is -0.508. The molecule has 12 heteroatoms. The van der Waals surface area contributed by atoms with Gasteiger partial charge in [-0.05, 0) is 11.8 Å². The molecule has 1 unspecified atom stereocenters. The number of amides is 1. The second kappa shape index (κ2) is 5.38. The zero-order valence-corrected chi connectivity index (χ0v) is 10.4. The van der Waals surface area contributed by atoms with Crippen molar-refractivity contribution in [1.82, 2.24) is 15.1 Å². The van der Waals surface area contributed by atoms with Gasteiger partial charge in [-0.1, -0.05) is 0 Å². The summed E-state index contributed by atoms with van der Waals surface area (Å²) >= 11 is 0. The van der Waals surface area contributed by atoms with Crippen molar-refractivity contribution in [3.05, 3.63) is 22.4 Å². The number of rotatable bonds is 5. The minimum atomic E-state index is -5.22. The molecule has 0 radical (unpaired) electrons. The number of carboxylic acids is 1. The van der Waals surface area contributed by atoms with E-state index in [1.54, 1.807) is 0 Å². The number of halogens is 3. The molecule has 1 aromatic rings. The molecule has 0 saturated carbocycles. The van der Waals surface area contributed by atoms with Crippen LogP contribution in [0.1, 0.15) is 6.92 Å². The van der Waals surface area contributed by atoms with Crippen molar-refractivity contribution < 1.29 is 32.8 Å². The summed E-state index contributed by atoms with van der Waals surface area (Å²) in [5, 5.41) is 23.6. The molecule has 9 nitrogen and oxygen atoms in total. The molecule has 1 amide bonds. The molecule has 1 rings (SSSR count). The van der Waals surface area contributed by atoms with Gasteiger partial charge in [0.1, 0.15) is 6.54 Å². The Labute approximate surface area is 114 Å². The van der Waals surface area contributed by atoms with Gasteiger partial charge >= 0.3 is 18.0 Å². The van der Waals surface area contributed by atoms with E-state index in [-0.39, 0.29) is 0 Å². The number of hydrogen-bond donors (Lipinski definition) is 2. The second-order valence-electron chi connectivity index (χ2n) is 4.10. The van der Waals surface area contributed by atoms with E-state index < -0.39 is 40.9 Å². The van der Waals surface area contributed by atoms with Gasteiger partial charge in [-0.2, -0.15) is 17.9 Å². The highest BCUT2D eigenvalue weighted by Gasteiger charge is 2.58. The minimum Gasteiger partial charge on any atom is -0.479 e. The van der Waals surface area contributed by atoms with Crippen LogP contribution in [0.3, 0.4) is 0 Å². The first-order valence-electron chi connectivity index (χ1n) is 5.26. The van der Waals surface area contributed by atoms with E-state index in [9.17, 15) is 32.9 Å². The summed E-state index contributed by atoms with van der Waals surface area (Å²) in [4.78, 5) is 31.7. The highest BCUT2D eigenvalue weighted by molar-refractivity contribution is 5.87. The molecule has 116 valence electrons. The maximum atomic E-state index is 12.7. The third-order valence-corrected chi connectivity index (χ3v) is 2.50. The summed E-state index contributed by atoms with van der Waals surface area (Å²) < 4.78 is 38.7. The van der Waals surface area contributed by atoms with E-state index in [0.717, 1.165) is 12.3 Å². The maximum absolute atomic E-state index is 12.7. The zero-order chi connectivity index (χ0) is 16.4. The molecule has 1 atom stereocenters. The predicted molar refractivity (Wildman–Crippen MR) is 59.1 cm³/mol. The standard InChI is InChI=1S/C9H9F3N4O5/c1-8(7(18)19,9(10,11)12)13-6(17)4-15-3-2-5(14-15)16(20)21/h2-3H,4H2,1H3,(H,13,17)(H,18,19). The van der Waals surface area contributed by atoms with Crippen LogP contribution in [-0.2, 0) is 16.1 Å². The number of alkyl halides is 3. The van der Waals surface area contributed by atoms with Crippen LogP contribution in [0.4, 0.5) is 19.0 Å². The van der Waals surface area contributed by atoms with Gasteiger partial charge in [-0.15, -0.1) is 0 Å². The third-order valence-electron chi connectivity index (χ3n) is 2.50. The quantitative estimate of drug-likeness (QED) is 0.595. The van der Waals surface area contributed by atoms with E-state index in [1.807, 2.05) is 0 Å². The second-order valence-corrected chi connectivity index (χ2v) is 4.10. The number of aliphatic carboxylic acids is 1. The van der Waals surface area contributed by atoms with E-state index >= 15 is 0 Å². The summed E-state index contributed by atoms with van der Waals surface area (Å²) in [5.74, 6) is -4.19. The molecule has 0 aliphatic heterocycles. The topological polar surface area (TPSA) is 127 Å². The third kappa shape index (κ3) is 3.46. The molecular weight excluding hydrogens is 301 g/mol. The fourth-order valence-electron chi connectivity index (χ4n) is 1.25. The summed E-state index contributed by atoms with van der Waals surface area (Å²) in [7, 11) is 0. The summed E-state index contributed by atoms with van der Waals surface area (Å²) in [5.41, 5.74) is -3.47. The fourth-order valence-corrected chi connectivity index (χ4v) is 1.25. The number of hydrogen-bond acceptors (Lipinski definition) is 5. The number of carboxylic acid groups (broad SMARTS) is 1. The summed E-state index contributed by atoms with van der Waals surface area (Å²) in [6.07, 6.45) is -4.21. The Balaban J connectivity index is 2.84. The van der Waals surface area contributed by atoms with Gasteiger partial charge in [-0.25, -0.2) is 4.79 Å². The normalized spacial score (nSPS) is 14.3. The van der Waals surface area contributed by atoms with Gasteiger partial charge in [0, 0.05) is 0 Å². The Morgan fingerprint density at radius 2 is 2.10 bits per heavy atom. The number of aromatic nitrogens is 2. The molecule has 1 aromatic heterocycles. The number of nitrogens with zero attached hydrogens (tertiary/aromatic N) is 3. The number of nitro groups is 1. The van der Waals surface area contributed by atoms with Crippen LogP contribution in [0.15, 0.2) is 12.3 Å². The van der Waals surface area contributed by atoms with Gasteiger partial charge in [0.15, 0.2) is 0 Å². The van der Waals surface area contributed by atoms with Crippen molar-refractivity contribution in [2.45, 2.75) is 25.2 Å². The largest absolute Gasteiger partial charge is 0.479 e. The van der Waals surface area contributed by atoms with E-state index in [2.05, 4.69) is 5.10 Å². The lowest BCUT2D eigenvalue weighted by Crippen LogP contribution is -2.62. The number of carbonyl (C=O) groups is 2. The number of nitrogens with one attached hydrogen (secondary N) is 1. The number of carbonyl (C=O) groups excluding carboxylic acids is 1. The van der Waals surface area contributed by atoms with E-state index in [0.29, 0.717) is 11.6 Å². The van der Waals surface area contributed by atoms with Gasteiger partial charge in [0.25, 0.3) is 0 Å². The first-order valence-corrected chi connectivity index (χ1v) is 5.26. The lowest BCUT2D eigenvalue weighted by Gasteiger charge is -2.28. The van der Waals surface area contributed by atoms with Crippen LogP contribution in [0.25, 0.3) is 0 Å². The first-order chi connectivity index (χ1) is 9.47. The molecular formula is C9H9F3N4O5. The fraction of sp³-hybridized carbons (Fsp3) is 0.444. The van der Waals surface area contributed by atoms with Crippen LogP contribution in [0.5, 0.6) is 0 Å². The maximum Gasteiger partial charge on any atom is 0.422 e. The Morgan fingerprint density at radius 1 is 1.52 bits per heavy atom. The van der Waals surface area contributed by atoms with Crippen molar-refractivity contribution in [1.29, 1.82) is 0 Å².